The second-order valence-electron chi connectivity index (χ2n) is 15.0. The summed E-state index contributed by atoms with van der Waals surface area (Å²) in [7, 11) is 3.96. The molecular formula is C38H44F6N10O2. The van der Waals surface area contributed by atoms with Crippen molar-refractivity contribution in [2.75, 3.05) is 53.4 Å². The van der Waals surface area contributed by atoms with E-state index in [-0.39, 0.29) is 23.7 Å². The van der Waals surface area contributed by atoms with Crippen LogP contribution in [0.15, 0.2) is 48.5 Å². The van der Waals surface area contributed by atoms with Crippen molar-refractivity contribution >= 4 is 11.8 Å². The maximum atomic E-state index is 13.3. The lowest BCUT2D eigenvalue weighted by atomic mass is 9.86. The van der Waals surface area contributed by atoms with Crippen LogP contribution in [0.2, 0.25) is 0 Å². The van der Waals surface area contributed by atoms with Crippen molar-refractivity contribution in [2.24, 2.45) is 0 Å². The molecule has 18 heteroatoms. The molecule has 4 aliphatic heterocycles. The number of alkyl halides is 6. The third kappa shape index (κ3) is 8.31. The average molecular weight is 787 g/mol. The van der Waals surface area contributed by atoms with E-state index in [1.54, 1.807) is 34.1 Å². The Balaban J connectivity index is 0.000000172. The number of benzene rings is 2. The van der Waals surface area contributed by atoms with Gasteiger partial charge in [0.15, 0.2) is 0 Å². The normalized spacial score (nSPS) is 18.9. The highest BCUT2D eigenvalue weighted by Gasteiger charge is 2.38. The van der Waals surface area contributed by atoms with Crippen LogP contribution in [0.1, 0.15) is 92.7 Å². The van der Waals surface area contributed by atoms with Gasteiger partial charge in [0.1, 0.15) is 11.6 Å². The van der Waals surface area contributed by atoms with Crippen molar-refractivity contribution in [1.29, 1.82) is 0 Å². The summed E-state index contributed by atoms with van der Waals surface area (Å²) in [5.41, 5.74) is -0.502. The van der Waals surface area contributed by atoms with Gasteiger partial charge in [-0.25, -0.2) is 0 Å². The van der Waals surface area contributed by atoms with E-state index >= 15 is 0 Å². The van der Waals surface area contributed by atoms with Crippen LogP contribution in [0.3, 0.4) is 0 Å². The Hall–Kier alpha value is -4.84. The van der Waals surface area contributed by atoms with Crippen LogP contribution in [-0.4, -0.2) is 114 Å². The van der Waals surface area contributed by atoms with Crippen molar-refractivity contribution < 1.29 is 35.9 Å². The van der Waals surface area contributed by atoms with Gasteiger partial charge >= 0.3 is 12.4 Å². The zero-order chi connectivity index (χ0) is 39.8. The molecule has 4 aromatic rings. The van der Waals surface area contributed by atoms with Crippen LogP contribution in [0.25, 0.3) is 0 Å². The Labute approximate surface area is 320 Å². The second kappa shape index (κ2) is 16.0. The number of rotatable bonds is 4. The van der Waals surface area contributed by atoms with Gasteiger partial charge in [-0.2, -0.15) is 26.3 Å². The first-order chi connectivity index (χ1) is 26.7. The second-order valence-corrected chi connectivity index (χ2v) is 15.0. The highest BCUT2D eigenvalue weighted by atomic mass is 19.4. The van der Waals surface area contributed by atoms with Gasteiger partial charge in [0, 0.05) is 52.2 Å². The van der Waals surface area contributed by atoms with Crippen LogP contribution in [0.5, 0.6) is 0 Å². The van der Waals surface area contributed by atoms with E-state index in [1.165, 1.54) is 12.1 Å². The quantitative estimate of drug-likeness (QED) is 0.249. The number of hydrogen-bond donors (Lipinski definition) is 0. The van der Waals surface area contributed by atoms with Crippen molar-refractivity contribution in [3.05, 3.63) is 94.1 Å². The number of halogens is 6. The first-order valence-electron chi connectivity index (χ1n) is 18.8. The molecule has 2 amide bonds. The van der Waals surface area contributed by atoms with Gasteiger partial charge < -0.3 is 14.4 Å². The van der Waals surface area contributed by atoms with E-state index in [0.29, 0.717) is 94.4 Å². The summed E-state index contributed by atoms with van der Waals surface area (Å²) >= 11 is 0. The summed E-state index contributed by atoms with van der Waals surface area (Å²) in [4.78, 5) is 33.4. The Morgan fingerprint density at radius 2 is 1.04 bits per heavy atom. The van der Waals surface area contributed by atoms with Gasteiger partial charge in [-0.15, -0.1) is 20.4 Å². The summed E-state index contributed by atoms with van der Waals surface area (Å²) in [5, 5.41) is 16.4. The maximum absolute atomic E-state index is 13.3. The molecule has 0 radical (unpaired) electrons. The number of piperidine rings is 2. The molecule has 12 nitrogen and oxygen atoms in total. The number of carbonyl (C=O) groups excluding carboxylic acids is 2. The number of aromatic nitrogens is 6. The standard InChI is InChI=1S/2C19H22F3N5O/c1-25-9-8-16-23-24-17(27(16)12-25)18(28)26-10-6-13(7-11-26)14-4-2-3-5-15(14)19(20,21)22;1-25-10-11-27-16(12-25)23-24-17(27)18(28)26-8-6-13(7-9-26)14-4-2-3-5-15(14)19(20,21)22/h2*2-5,13H,6-12H2,1H3. The molecule has 0 aliphatic carbocycles. The molecule has 300 valence electrons. The monoisotopic (exact) mass is 786 g/mol. The molecule has 8 rings (SSSR count). The van der Waals surface area contributed by atoms with Crippen molar-refractivity contribution in [3.63, 3.8) is 0 Å². The third-order valence-electron chi connectivity index (χ3n) is 11.2. The van der Waals surface area contributed by atoms with Crippen LogP contribution in [-0.2, 0) is 38.5 Å². The van der Waals surface area contributed by atoms with Gasteiger partial charge in [0.2, 0.25) is 11.6 Å². The van der Waals surface area contributed by atoms with Crippen molar-refractivity contribution in [2.45, 2.75) is 76.1 Å². The van der Waals surface area contributed by atoms with Gasteiger partial charge in [-0.1, -0.05) is 36.4 Å². The fourth-order valence-corrected chi connectivity index (χ4v) is 8.16. The first-order valence-corrected chi connectivity index (χ1v) is 18.8. The zero-order valence-corrected chi connectivity index (χ0v) is 31.2. The van der Waals surface area contributed by atoms with Crippen molar-refractivity contribution in [3.8, 4) is 0 Å². The number of likely N-dealkylation sites (N-methyl/N-ethyl adjacent to an activating group) is 2. The zero-order valence-electron chi connectivity index (χ0n) is 31.2. The number of nitrogens with zero attached hydrogens (tertiary/aromatic N) is 10. The van der Waals surface area contributed by atoms with E-state index in [4.69, 9.17) is 0 Å². The summed E-state index contributed by atoms with van der Waals surface area (Å²) in [6.07, 6.45) is -5.98. The molecule has 0 atom stereocenters. The number of amides is 2. The van der Waals surface area contributed by atoms with E-state index < -0.39 is 23.5 Å². The number of likely N-dealkylation sites (tertiary alicyclic amines) is 2. The lowest BCUT2D eigenvalue weighted by molar-refractivity contribution is -0.139. The Kier molecular flexibility index (Phi) is 11.2. The van der Waals surface area contributed by atoms with Crippen LogP contribution in [0.4, 0.5) is 26.3 Å². The topological polar surface area (TPSA) is 109 Å². The predicted octanol–water partition coefficient (Wildman–Crippen LogP) is 5.52. The lowest BCUT2D eigenvalue weighted by Gasteiger charge is -2.33. The van der Waals surface area contributed by atoms with Gasteiger partial charge in [0.05, 0.1) is 24.3 Å². The summed E-state index contributed by atoms with van der Waals surface area (Å²) in [5.74, 6) is 1.42. The molecule has 0 saturated carbocycles. The molecule has 2 aromatic heterocycles. The number of hydrogen-bond acceptors (Lipinski definition) is 8. The maximum Gasteiger partial charge on any atom is 0.416 e. The molecule has 0 N–H and O–H groups in total. The molecule has 2 saturated heterocycles. The van der Waals surface area contributed by atoms with E-state index in [0.717, 1.165) is 43.3 Å². The molecule has 0 unspecified atom stereocenters. The van der Waals surface area contributed by atoms with Crippen LogP contribution >= 0.6 is 0 Å². The Morgan fingerprint density at radius 3 is 1.54 bits per heavy atom. The largest absolute Gasteiger partial charge is 0.416 e. The fraction of sp³-hybridized carbons (Fsp3) is 0.526. The molecule has 4 aliphatic rings. The minimum Gasteiger partial charge on any atom is -0.336 e. The minimum atomic E-state index is -4.36. The summed E-state index contributed by atoms with van der Waals surface area (Å²) in [6.45, 7) is 5.22. The van der Waals surface area contributed by atoms with Gasteiger partial charge in [0.25, 0.3) is 11.8 Å². The van der Waals surface area contributed by atoms with Gasteiger partial charge in [-0.05, 0) is 74.9 Å². The number of fused-ring (bicyclic) bond motifs is 2. The fourth-order valence-electron chi connectivity index (χ4n) is 8.16. The Morgan fingerprint density at radius 1 is 0.571 bits per heavy atom. The lowest BCUT2D eigenvalue weighted by Crippen LogP contribution is -2.41. The van der Waals surface area contributed by atoms with E-state index in [2.05, 4.69) is 30.2 Å². The molecule has 2 fully saturated rings. The number of carbonyl (C=O) groups is 2. The van der Waals surface area contributed by atoms with Crippen LogP contribution < -0.4 is 0 Å². The van der Waals surface area contributed by atoms with Gasteiger partial charge in [-0.3, -0.25) is 24.0 Å². The van der Waals surface area contributed by atoms with E-state index in [9.17, 15) is 35.9 Å². The first kappa shape index (κ1) is 39.4. The van der Waals surface area contributed by atoms with E-state index in [1.807, 2.05) is 23.2 Å². The third-order valence-corrected chi connectivity index (χ3v) is 11.2. The Bertz CT molecular complexity index is 2030. The summed E-state index contributed by atoms with van der Waals surface area (Å²) in [6, 6.07) is 11.5. The van der Waals surface area contributed by atoms with Crippen molar-refractivity contribution in [1.82, 2.24) is 49.1 Å². The molecule has 6 heterocycles. The smallest absolute Gasteiger partial charge is 0.336 e. The highest BCUT2D eigenvalue weighted by molar-refractivity contribution is 5.91. The summed E-state index contributed by atoms with van der Waals surface area (Å²) < 4.78 is 83.5. The van der Waals surface area contributed by atoms with Crippen LogP contribution in [0, 0.1) is 0 Å². The molecule has 56 heavy (non-hydrogen) atoms. The molecule has 0 bridgehead atoms. The minimum absolute atomic E-state index is 0.189. The average Bonchev–Trinajstić information content (AvgIpc) is 3.81. The molecule has 2 aromatic carbocycles. The molecule has 0 spiro atoms. The molecular weight excluding hydrogens is 742 g/mol. The predicted molar refractivity (Wildman–Crippen MR) is 191 cm³/mol. The highest BCUT2D eigenvalue weighted by Crippen LogP contribution is 2.40. The SMILES string of the molecule is CN1CCc2nnc(C(=O)N3CCC(c4ccccc4C(F)(F)F)CC3)n2C1.CN1CCn2c(nnc2C(=O)N2CCC(c3ccccc3C(F)(F)F)CC2)C1.